The van der Waals surface area contributed by atoms with Crippen LogP contribution < -0.4 is 5.32 Å². The van der Waals surface area contributed by atoms with Gasteiger partial charge in [-0.25, -0.2) is 4.79 Å². The van der Waals surface area contributed by atoms with Crippen LogP contribution in [0.5, 0.6) is 0 Å². The van der Waals surface area contributed by atoms with Crippen LogP contribution in [0.15, 0.2) is 12.2 Å². The standard InChI is InChI=1S/C13H23NO2/c1-13(2,3)14-12(15)16-11-9-7-5-4-6-8-10-11/h4-5,11H,6-10H2,1-3H3,(H,14,15)/b5-4+. The predicted molar refractivity (Wildman–Crippen MR) is 65.4 cm³/mol. The fourth-order valence-electron chi connectivity index (χ4n) is 1.73. The Morgan fingerprint density at radius 1 is 1.25 bits per heavy atom. The van der Waals surface area contributed by atoms with Crippen LogP contribution in [-0.4, -0.2) is 17.7 Å². The number of nitrogens with one attached hydrogen (secondary N) is 1. The molecule has 1 amide bonds. The van der Waals surface area contributed by atoms with Crippen molar-refractivity contribution in [2.45, 2.75) is 64.5 Å². The zero-order valence-corrected chi connectivity index (χ0v) is 10.6. The molecule has 0 aromatic rings. The van der Waals surface area contributed by atoms with Crippen LogP contribution in [0.2, 0.25) is 0 Å². The maximum Gasteiger partial charge on any atom is 0.407 e. The third-order valence-electron chi connectivity index (χ3n) is 2.47. The van der Waals surface area contributed by atoms with Gasteiger partial charge in [0.1, 0.15) is 6.10 Å². The molecule has 1 N–H and O–H groups in total. The van der Waals surface area contributed by atoms with Crippen molar-refractivity contribution in [3.63, 3.8) is 0 Å². The molecule has 3 nitrogen and oxygen atoms in total. The van der Waals surface area contributed by atoms with E-state index in [1.807, 2.05) is 20.8 Å². The first-order valence-corrected chi connectivity index (χ1v) is 6.11. The first-order chi connectivity index (χ1) is 7.47. The summed E-state index contributed by atoms with van der Waals surface area (Å²) in [5.74, 6) is 0. The van der Waals surface area contributed by atoms with Gasteiger partial charge in [-0.05, 0) is 52.9 Å². The normalized spacial score (nSPS) is 24.1. The monoisotopic (exact) mass is 225 g/mol. The Morgan fingerprint density at radius 3 is 2.62 bits per heavy atom. The summed E-state index contributed by atoms with van der Waals surface area (Å²) in [6.07, 6.45) is 9.30. The van der Waals surface area contributed by atoms with Crippen molar-refractivity contribution in [1.82, 2.24) is 5.32 Å². The SMILES string of the molecule is CC(C)(C)NC(=O)OC1CC/C=C/CCC1. The highest BCUT2D eigenvalue weighted by atomic mass is 16.6. The minimum Gasteiger partial charge on any atom is -0.446 e. The zero-order valence-electron chi connectivity index (χ0n) is 10.6. The average molecular weight is 225 g/mol. The minimum absolute atomic E-state index is 0.0762. The summed E-state index contributed by atoms with van der Waals surface area (Å²) in [6, 6.07) is 0. The number of carbonyl (C=O) groups excluding carboxylic acids is 1. The fourth-order valence-corrected chi connectivity index (χ4v) is 1.73. The molecule has 0 bridgehead atoms. The van der Waals surface area contributed by atoms with Crippen LogP contribution in [0.1, 0.15) is 52.9 Å². The Balaban J connectivity index is 2.34. The van der Waals surface area contributed by atoms with E-state index in [0.717, 1.165) is 32.1 Å². The predicted octanol–water partition coefficient (Wildman–Crippen LogP) is 3.40. The lowest BCUT2D eigenvalue weighted by Gasteiger charge is -2.24. The summed E-state index contributed by atoms with van der Waals surface area (Å²) in [7, 11) is 0. The molecule has 0 aromatic heterocycles. The molecule has 0 aliphatic heterocycles. The van der Waals surface area contributed by atoms with Crippen molar-refractivity contribution >= 4 is 6.09 Å². The van der Waals surface area contributed by atoms with Crippen molar-refractivity contribution in [3.8, 4) is 0 Å². The van der Waals surface area contributed by atoms with E-state index < -0.39 is 0 Å². The van der Waals surface area contributed by atoms with Gasteiger partial charge in [-0.1, -0.05) is 12.2 Å². The maximum atomic E-state index is 11.6. The van der Waals surface area contributed by atoms with Crippen molar-refractivity contribution in [3.05, 3.63) is 12.2 Å². The van der Waals surface area contributed by atoms with Crippen LogP contribution in [-0.2, 0) is 4.74 Å². The molecule has 0 fully saturated rings. The van der Waals surface area contributed by atoms with E-state index in [2.05, 4.69) is 17.5 Å². The van der Waals surface area contributed by atoms with Crippen molar-refractivity contribution in [2.24, 2.45) is 0 Å². The second kappa shape index (κ2) is 5.92. The van der Waals surface area contributed by atoms with E-state index in [9.17, 15) is 4.79 Å². The number of alkyl carbamates (subject to hydrolysis) is 1. The maximum absolute atomic E-state index is 11.6. The summed E-state index contributed by atoms with van der Waals surface area (Å²) in [4.78, 5) is 11.6. The lowest BCUT2D eigenvalue weighted by Crippen LogP contribution is -2.42. The lowest BCUT2D eigenvalue weighted by atomic mass is 10.0. The smallest absolute Gasteiger partial charge is 0.407 e. The molecule has 16 heavy (non-hydrogen) atoms. The topological polar surface area (TPSA) is 38.3 Å². The molecule has 0 aromatic carbocycles. The molecule has 1 atom stereocenters. The van der Waals surface area contributed by atoms with Gasteiger partial charge in [-0.15, -0.1) is 0 Å². The van der Waals surface area contributed by atoms with E-state index in [4.69, 9.17) is 4.74 Å². The molecule has 1 unspecified atom stereocenters. The first kappa shape index (κ1) is 13.1. The molecule has 1 rings (SSSR count). The molecule has 0 radical (unpaired) electrons. The van der Waals surface area contributed by atoms with Gasteiger partial charge in [-0.2, -0.15) is 0 Å². The van der Waals surface area contributed by atoms with Crippen molar-refractivity contribution < 1.29 is 9.53 Å². The summed E-state index contributed by atoms with van der Waals surface area (Å²) >= 11 is 0. The second-order valence-electron chi connectivity index (χ2n) is 5.38. The van der Waals surface area contributed by atoms with Gasteiger partial charge >= 0.3 is 6.09 Å². The van der Waals surface area contributed by atoms with E-state index in [-0.39, 0.29) is 17.7 Å². The molecule has 1 aliphatic carbocycles. The number of rotatable bonds is 1. The van der Waals surface area contributed by atoms with Gasteiger partial charge in [0.15, 0.2) is 0 Å². The van der Waals surface area contributed by atoms with Crippen LogP contribution in [0.3, 0.4) is 0 Å². The minimum atomic E-state index is -0.290. The Hall–Kier alpha value is -0.990. The molecule has 0 saturated carbocycles. The highest BCUT2D eigenvalue weighted by Gasteiger charge is 2.18. The van der Waals surface area contributed by atoms with Gasteiger partial charge in [0, 0.05) is 5.54 Å². The molecule has 1 aliphatic rings. The van der Waals surface area contributed by atoms with Crippen molar-refractivity contribution in [1.29, 1.82) is 0 Å². The number of hydrogen-bond acceptors (Lipinski definition) is 2. The second-order valence-corrected chi connectivity index (χ2v) is 5.38. The number of hydrogen-bond donors (Lipinski definition) is 1. The van der Waals surface area contributed by atoms with Crippen LogP contribution in [0.25, 0.3) is 0 Å². The molecule has 0 heterocycles. The van der Waals surface area contributed by atoms with Gasteiger partial charge in [0.05, 0.1) is 0 Å². The molecule has 92 valence electrons. The number of amides is 1. The largest absolute Gasteiger partial charge is 0.446 e. The Morgan fingerprint density at radius 2 is 1.94 bits per heavy atom. The molecule has 3 heteroatoms. The molecular formula is C13H23NO2. The van der Waals surface area contributed by atoms with E-state index in [1.54, 1.807) is 0 Å². The highest BCUT2D eigenvalue weighted by molar-refractivity contribution is 5.68. The number of allylic oxidation sites excluding steroid dienone is 2. The van der Waals surface area contributed by atoms with Crippen LogP contribution >= 0.6 is 0 Å². The quantitative estimate of drug-likeness (QED) is 0.694. The fraction of sp³-hybridized carbons (Fsp3) is 0.769. The summed E-state index contributed by atoms with van der Waals surface area (Å²) in [5.41, 5.74) is -0.224. The summed E-state index contributed by atoms with van der Waals surface area (Å²) in [6.45, 7) is 5.86. The third-order valence-corrected chi connectivity index (χ3v) is 2.47. The zero-order chi connectivity index (χ0) is 12.0. The van der Waals surface area contributed by atoms with Gasteiger partial charge in [-0.3, -0.25) is 0 Å². The first-order valence-electron chi connectivity index (χ1n) is 6.11. The summed E-state index contributed by atoms with van der Waals surface area (Å²) in [5, 5.41) is 2.82. The summed E-state index contributed by atoms with van der Waals surface area (Å²) < 4.78 is 5.42. The number of carbonyl (C=O) groups is 1. The van der Waals surface area contributed by atoms with Gasteiger partial charge in [0.2, 0.25) is 0 Å². The number of ether oxygens (including phenoxy) is 1. The van der Waals surface area contributed by atoms with E-state index >= 15 is 0 Å². The highest BCUT2D eigenvalue weighted by Crippen LogP contribution is 2.15. The Kier molecular flexibility index (Phi) is 4.84. The molecule has 0 saturated heterocycles. The van der Waals surface area contributed by atoms with E-state index in [1.165, 1.54) is 0 Å². The lowest BCUT2D eigenvalue weighted by molar-refractivity contribution is 0.0807. The van der Waals surface area contributed by atoms with Crippen molar-refractivity contribution in [2.75, 3.05) is 0 Å². The Bertz CT molecular complexity index is 253. The van der Waals surface area contributed by atoms with Gasteiger partial charge < -0.3 is 10.1 Å². The van der Waals surface area contributed by atoms with Crippen LogP contribution in [0, 0.1) is 0 Å². The Labute approximate surface area is 98.2 Å². The molecular weight excluding hydrogens is 202 g/mol. The average Bonchev–Trinajstić information content (AvgIpc) is 2.06. The molecule has 0 spiro atoms. The van der Waals surface area contributed by atoms with Gasteiger partial charge in [0.25, 0.3) is 0 Å². The third kappa shape index (κ3) is 5.79. The van der Waals surface area contributed by atoms with Crippen LogP contribution in [0.4, 0.5) is 4.79 Å². The van der Waals surface area contributed by atoms with E-state index in [0.29, 0.717) is 0 Å².